The van der Waals surface area contributed by atoms with Crippen LogP contribution in [0.1, 0.15) is 5.56 Å². The molecule has 3 nitrogen and oxygen atoms in total. The van der Waals surface area contributed by atoms with E-state index < -0.39 is 0 Å². The van der Waals surface area contributed by atoms with Crippen molar-refractivity contribution >= 4 is 45.3 Å². The maximum absolute atomic E-state index is 9.87. The minimum absolute atomic E-state index is 0.203. The zero-order chi connectivity index (χ0) is 13.0. The van der Waals surface area contributed by atoms with E-state index in [1.165, 1.54) is 11.8 Å². The van der Waals surface area contributed by atoms with E-state index >= 15 is 0 Å². The minimum Gasteiger partial charge on any atom is -0.507 e. The fourth-order valence-electron chi connectivity index (χ4n) is 1.61. The fraction of sp³-hybridized carbons (Fsp3) is 0.0769. The fourth-order valence-corrected chi connectivity index (χ4v) is 1.81. The van der Waals surface area contributed by atoms with Crippen molar-refractivity contribution in [2.75, 3.05) is 6.26 Å². The average molecular weight is 276 g/mol. The predicted molar refractivity (Wildman–Crippen MR) is 82.5 cm³/mol. The lowest BCUT2D eigenvalue weighted by Gasteiger charge is -2.04. The van der Waals surface area contributed by atoms with Gasteiger partial charge in [-0.05, 0) is 23.1 Å². The van der Waals surface area contributed by atoms with E-state index in [-0.39, 0.29) is 5.75 Å². The number of thioether (sulfide) groups is 1. The first-order valence-corrected chi connectivity index (χ1v) is 6.93. The van der Waals surface area contributed by atoms with Gasteiger partial charge < -0.3 is 5.11 Å². The molecule has 2 aromatic carbocycles. The Morgan fingerprint density at radius 1 is 1.33 bits per heavy atom. The van der Waals surface area contributed by atoms with Gasteiger partial charge in [0.25, 0.3) is 0 Å². The van der Waals surface area contributed by atoms with E-state index in [0.717, 1.165) is 10.8 Å². The first kappa shape index (κ1) is 12.9. The third-order valence-corrected chi connectivity index (χ3v) is 3.54. The lowest BCUT2D eigenvalue weighted by Crippen LogP contribution is -2.10. The molecule has 2 N–H and O–H groups in total. The first-order chi connectivity index (χ1) is 8.72. The summed E-state index contributed by atoms with van der Waals surface area (Å²) >= 11 is 6.39. The van der Waals surface area contributed by atoms with Crippen LogP contribution in [0.15, 0.2) is 41.5 Å². The molecule has 0 aliphatic heterocycles. The van der Waals surface area contributed by atoms with Crippen molar-refractivity contribution in [2.45, 2.75) is 0 Å². The molecule has 0 aliphatic rings. The van der Waals surface area contributed by atoms with Crippen LogP contribution in [0.4, 0.5) is 0 Å². The Balaban J connectivity index is 2.37. The monoisotopic (exact) mass is 276 g/mol. The maximum Gasteiger partial charge on any atom is 0.153 e. The molecule has 92 valence electrons. The molecular weight excluding hydrogens is 264 g/mol. The number of hydrazone groups is 1. The summed E-state index contributed by atoms with van der Waals surface area (Å²) in [6, 6.07) is 11.4. The van der Waals surface area contributed by atoms with Gasteiger partial charge in [0.05, 0.1) is 6.21 Å². The minimum atomic E-state index is 0.203. The Morgan fingerprint density at radius 3 is 2.89 bits per heavy atom. The second kappa shape index (κ2) is 5.84. The van der Waals surface area contributed by atoms with Crippen molar-refractivity contribution in [3.63, 3.8) is 0 Å². The van der Waals surface area contributed by atoms with Crippen LogP contribution in [0.3, 0.4) is 0 Å². The SMILES string of the molecule is CSC(=S)N/N=C/c1c(O)ccc2ccccc12. The highest BCUT2D eigenvalue weighted by Gasteiger charge is 2.03. The highest BCUT2D eigenvalue weighted by molar-refractivity contribution is 8.22. The first-order valence-electron chi connectivity index (χ1n) is 5.30. The van der Waals surface area contributed by atoms with Crippen molar-refractivity contribution in [3.05, 3.63) is 42.0 Å². The number of nitrogens with one attached hydrogen (secondary N) is 1. The van der Waals surface area contributed by atoms with Crippen LogP contribution in [-0.4, -0.2) is 21.9 Å². The van der Waals surface area contributed by atoms with Crippen LogP contribution in [0.2, 0.25) is 0 Å². The smallest absolute Gasteiger partial charge is 0.153 e. The second-order valence-electron chi connectivity index (χ2n) is 3.58. The molecule has 0 unspecified atom stereocenters. The molecule has 2 aromatic rings. The summed E-state index contributed by atoms with van der Waals surface area (Å²) in [6.07, 6.45) is 3.46. The molecule has 18 heavy (non-hydrogen) atoms. The third kappa shape index (κ3) is 2.80. The normalized spacial score (nSPS) is 10.9. The molecule has 0 saturated heterocycles. The number of thiocarbonyl (C=S) groups is 1. The molecule has 2 rings (SSSR count). The zero-order valence-corrected chi connectivity index (χ0v) is 11.4. The average Bonchev–Trinajstić information content (AvgIpc) is 2.41. The number of phenols is 1. The van der Waals surface area contributed by atoms with Crippen molar-refractivity contribution in [2.24, 2.45) is 5.10 Å². The number of hydrogen-bond acceptors (Lipinski definition) is 4. The number of aromatic hydroxyl groups is 1. The molecule has 0 amide bonds. The van der Waals surface area contributed by atoms with Gasteiger partial charge in [-0.3, -0.25) is 5.43 Å². The largest absolute Gasteiger partial charge is 0.507 e. The molecule has 0 spiro atoms. The van der Waals surface area contributed by atoms with E-state index in [1.54, 1.807) is 12.3 Å². The molecule has 0 fully saturated rings. The van der Waals surface area contributed by atoms with Gasteiger partial charge in [-0.1, -0.05) is 54.3 Å². The van der Waals surface area contributed by atoms with Crippen molar-refractivity contribution < 1.29 is 5.11 Å². The maximum atomic E-state index is 9.87. The topological polar surface area (TPSA) is 44.6 Å². The molecule has 0 saturated carbocycles. The Kier molecular flexibility index (Phi) is 4.17. The van der Waals surface area contributed by atoms with E-state index in [9.17, 15) is 5.11 Å². The van der Waals surface area contributed by atoms with Crippen LogP contribution in [0.25, 0.3) is 10.8 Å². The van der Waals surface area contributed by atoms with Gasteiger partial charge in [0, 0.05) is 5.56 Å². The van der Waals surface area contributed by atoms with Crippen LogP contribution in [0.5, 0.6) is 5.75 Å². The molecular formula is C13H12N2OS2. The summed E-state index contributed by atoms with van der Waals surface area (Å²) in [5, 5.41) is 15.9. The number of nitrogens with zero attached hydrogens (tertiary/aromatic N) is 1. The van der Waals surface area contributed by atoms with Crippen molar-refractivity contribution in [1.82, 2.24) is 5.43 Å². The molecule has 0 bridgehead atoms. The van der Waals surface area contributed by atoms with E-state index in [4.69, 9.17) is 12.2 Å². The predicted octanol–water partition coefficient (Wildman–Crippen LogP) is 3.12. The summed E-state index contributed by atoms with van der Waals surface area (Å²) < 4.78 is 0.589. The standard InChI is InChI=1S/C13H12N2OS2/c1-18-13(17)15-14-8-11-10-5-3-2-4-9(10)6-7-12(11)16/h2-8,16H,1H3,(H,15,17)/b14-8+. The molecule has 5 heteroatoms. The summed E-state index contributed by atoms with van der Waals surface area (Å²) in [5.41, 5.74) is 3.41. The Morgan fingerprint density at radius 2 is 2.11 bits per heavy atom. The summed E-state index contributed by atoms with van der Waals surface area (Å²) in [6.45, 7) is 0. The van der Waals surface area contributed by atoms with E-state index in [1.807, 2.05) is 36.6 Å². The summed E-state index contributed by atoms with van der Waals surface area (Å²) in [7, 11) is 0. The third-order valence-electron chi connectivity index (χ3n) is 2.48. The number of benzene rings is 2. The number of rotatable bonds is 2. The highest BCUT2D eigenvalue weighted by atomic mass is 32.2. The van der Waals surface area contributed by atoms with Crippen LogP contribution in [-0.2, 0) is 0 Å². The Hall–Kier alpha value is -1.59. The van der Waals surface area contributed by atoms with Crippen LogP contribution >= 0.6 is 24.0 Å². The lowest BCUT2D eigenvalue weighted by molar-refractivity contribution is 0.475. The quantitative estimate of drug-likeness (QED) is 0.502. The molecule has 0 heterocycles. The van der Waals surface area contributed by atoms with E-state index in [2.05, 4.69) is 10.5 Å². The zero-order valence-electron chi connectivity index (χ0n) is 9.75. The van der Waals surface area contributed by atoms with Crippen molar-refractivity contribution in [3.8, 4) is 5.75 Å². The Bertz CT molecular complexity index is 611. The van der Waals surface area contributed by atoms with Gasteiger partial charge in [0.2, 0.25) is 0 Å². The van der Waals surface area contributed by atoms with Gasteiger partial charge in [-0.2, -0.15) is 5.10 Å². The highest BCUT2D eigenvalue weighted by Crippen LogP contribution is 2.25. The Labute approximate surface area is 115 Å². The number of hydrogen-bond donors (Lipinski definition) is 2. The number of fused-ring (bicyclic) bond motifs is 1. The second-order valence-corrected chi connectivity index (χ2v) is 5.06. The van der Waals surface area contributed by atoms with Gasteiger partial charge >= 0.3 is 0 Å². The van der Waals surface area contributed by atoms with Crippen LogP contribution < -0.4 is 5.43 Å². The molecule has 0 radical (unpaired) electrons. The molecule has 0 aliphatic carbocycles. The summed E-state index contributed by atoms with van der Waals surface area (Å²) in [5.74, 6) is 0.203. The lowest BCUT2D eigenvalue weighted by atomic mass is 10.0. The summed E-state index contributed by atoms with van der Waals surface area (Å²) in [4.78, 5) is 0. The molecule has 0 atom stereocenters. The van der Waals surface area contributed by atoms with Gasteiger partial charge in [-0.15, -0.1) is 0 Å². The molecule has 0 aromatic heterocycles. The number of phenolic OH excluding ortho intramolecular Hbond substituents is 1. The van der Waals surface area contributed by atoms with Crippen LogP contribution in [0, 0.1) is 0 Å². The van der Waals surface area contributed by atoms with Crippen molar-refractivity contribution in [1.29, 1.82) is 0 Å². The van der Waals surface area contributed by atoms with Gasteiger partial charge in [0.15, 0.2) is 4.32 Å². The van der Waals surface area contributed by atoms with E-state index in [0.29, 0.717) is 9.88 Å². The van der Waals surface area contributed by atoms with Gasteiger partial charge in [-0.25, -0.2) is 0 Å². The van der Waals surface area contributed by atoms with Gasteiger partial charge in [0.1, 0.15) is 5.75 Å².